The van der Waals surface area contributed by atoms with E-state index in [0.717, 1.165) is 32.3 Å². The van der Waals surface area contributed by atoms with Crippen molar-refractivity contribution < 1.29 is 9.47 Å². The first-order valence-corrected chi connectivity index (χ1v) is 7.31. The molecule has 1 rings (SSSR count). The molecule has 3 nitrogen and oxygen atoms in total. The Morgan fingerprint density at radius 1 is 1.00 bits per heavy atom. The van der Waals surface area contributed by atoms with E-state index in [4.69, 9.17) is 9.47 Å². The van der Waals surface area contributed by atoms with Gasteiger partial charge >= 0.3 is 0 Å². The highest BCUT2D eigenvalue weighted by Gasteiger charge is 2.29. The summed E-state index contributed by atoms with van der Waals surface area (Å²) in [7, 11) is 1.68. The number of methoxy groups -OCH3 is 1. The van der Waals surface area contributed by atoms with Gasteiger partial charge in [0.1, 0.15) is 0 Å². The van der Waals surface area contributed by atoms with Crippen molar-refractivity contribution in [3.8, 4) is 6.07 Å². The number of nitriles is 1. The van der Waals surface area contributed by atoms with Crippen LogP contribution in [-0.4, -0.2) is 26.9 Å². The highest BCUT2D eigenvalue weighted by molar-refractivity contribution is 4.99. The molecular weight excluding hydrogens is 226 g/mol. The molecule has 0 bridgehead atoms. The Morgan fingerprint density at radius 2 is 1.67 bits per heavy atom. The lowest BCUT2D eigenvalue weighted by atomic mass is 9.74. The lowest BCUT2D eigenvalue weighted by Crippen LogP contribution is -2.21. The zero-order valence-corrected chi connectivity index (χ0v) is 11.7. The molecule has 0 unspecified atom stereocenters. The minimum atomic E-state index is -0.0644. The number of hydrogen-bond acceptors (Lipinski definition) is 3. The van der Waals surface area contributed by atoms with Gasteiger partial charge < -0.3 is 9.47 Å². The van der Waals surface area contributed by atoms with Crippen molar-refractivity contribution in [3.05, 3.63) is 0 Å². The minimum absolute atomic E-state index is 0.0644. The number of ether oxygens (including phenoxy) is 2. The molecule has 3 heteroatoms. The molecule has 0 aromatic rings. The summed E-state index contributed by atoms with van der Waals surface area (Å²) in [4.78, 5) is 0. The molecule has 0 aliphatic heterocycles. The van der Waals surface area contributed by atoms with Gasteiger partial charge in [0.05, 0.1) is 24.7 Å². The van der Waals surface area contributed by atoms with Gasteiger partial charge in [-0.05, 0) is 25.7 Å². The van der Waals surface area contributed by atoms with E-state index in [-0.39, 0.29) is 5.41 Å². The molecule has 0 aromatic heterocycles. The SMILES string of the molecule is COCCOCCCC1(C#N)CCCCCCC1. The zero-order chi connectivity index (χ0) is 13.1. The van der Waals surface area contributed by atoms with E-state index in [1.54, 1.807) is 7.11 Å². The van der Waals surface area contributed by atoms with Crippen LogP contribution in [0.4, 0.5) is 0 Å². The van der Waals surface area contributed by atoms with Gasteiger partial charge in [0.2, 0.25) is 0 Å². The Bertz CT molecular complexity index is 239. The van der Waals surface area contributed by atoms with Crippen LogP contribution in [0.2, 0.25) is 0 Å². The van der Waals surface area contributed by atoms with Gasteiger partial charge in [-0.2, -0.15) is 5.26 Å². The molecular formula is C15H27NO2. The van der Waals surface area contributed by atoms with E-state index in [0.29, 0.717) is 13.2 Å². The molecule has 0 N–H and O–H groups in total. The average molecular weight is 253 g/mol. The summed E-state index contributed by atoms with van der Waals surface area (Å²) >= 11 is 0. The molecule has 1 aliphatic rings. The third-order valence-corrected chi connectivity index (χ3v) is 3.92. The van der Waals surface area contributed by atoms with Crippen LogP contribution in [0.25, 0.3) is 0 Å². The second-order valence-electron chi connectivity index (χ2n) is 5.37. The third kappa shape index (κ3) is 5.84. The van der Waals surface area contributed by atoms with Crippen molar-refractivity contribution in [2.75, 3.05) is 26.9 Å². The monoisotopic (exact) mass is 253 g/mol. The maximum atomic E-state index is 9.49. The first-order valence-electron chi connectivity index (χ1n) is 7.31. The van der Waals surface area contributed by atoms with Crippen LogP contribution in [0.15, 0.2) is 0 Å². The lowest BCUT2D eigenvalue weighted by molar-refractivity contribution is 0.0645. The van der Waals surface area contributed by atoms with E-state index in [2.05, 4.69) is 6.07 Å². The van der Waals surface area contributed by atoms with Crippen LogP contribution < -0.4 is 0 Å². The molecule has 0 heterocycles. The second-order valence-corrected chi connectivity index (χ2v) is 5.37. The number of hydrogen-bond donors (Lipinski definition) is 0. The number of nitrogens with zero attached hydrogens (tertiary/aromatic N) is 1. The molecule has 0 spiro atoms. The molecule has 1 saturated carbocycles. The minimum Gasteiger partial charge on any atom is -0.382 e. The topological polar surface area (TPSA) is 42.2 Å². The molecule has 0 atom stereocenters. The smallest absolute Gasteiger partial charge is 0.0700 e. The van der Waals surface area contributed by atoms with Gasteiger partial charge in [0, 0.05) is 13.7 Å². The Labute approximate surface area is 111 Å². The first kappa shape index (κ1) is 15.5. The summed E-state index contributed by atoms with van der Waals surface area (Å²) in [6, 6.07) is 2.61. The van der Waals surface area contributed by atoms with Crippen LogP contribution in [0.3, 0.4) is 0 Å². The quantitative estimate of drug-likeness (QED) is 0.650. The lowest BCUT2D eigenvalue weighted by Gasteiger charge is -2.28. The van der Waals surface area contributed by atoms with Gasteiger partial charge in [0.25, 0.3) is 0 Å². The van der Waals surface area contributed by atoms with Crippen molar-refractivity contribution in [1.82, 2.24) is 0 Å². The predicted molar refractivity (Wildman–Crippen MR) is 72.3 cm³/mol. The fraction of sp³-hybridized carbons (Fsp3) is 0.933. The maximum Gasteiger partial charge on any atom is 0.0700 e. The Morgan fingerprint density at radius 3 is 2.28 bits per heavy atom. The third-order valence-electron chi connectivity index (χ3n) is 3.92. The number of rotatable bonds is 7. The summed E-state index contributed by atoms with van der Waals surface area (Å²) in [6.07, 6.45) is 10.6. The van der Waals surface area contributed by atoms with E-state index in [9.17, 15) is 5.26 Å². The molecule has 0 saturated heterocycles. The van der Waals surface area contributed by atoms with E-state index >= 15 is 0 Å². The Kier molecular flexibility index (Phi) is 8.04. The van der Waals surface area contributed by atoms with E-state index < -0.39 is 0 Å². The second kappa shape index (κ2) is 9.35. The highest BCUT2D eigenvalue weighted by Crippen LogP contribution is 2.37. The standard InChI is InChI=1S/C15H27NO2/c1-17-12-13-18-11-7-10-15(14-16)8-5-3-2-4-6-9-15/h2-13H2,1H3. The molecule has 0 radical (unpaired) electrons. The maximum absolute atomic E-state index is 9.49. The van der Waals surface area contributed by atoms with Crippen molar-refractivity contribution in [1.29, 1.82) is 5.26 Å². The Hall–Kier alpha value is -0.590. The van der Waals surface area contributed by atoms with Gasteiger partial charge in [-0.15, -0.1) is 0 Å². The van der Waals surface area contributed by atoms with Crippen molar-refractivity contribution in [3.63, 3.8) is 0 Å². The highest BCUT2D eigenvalue weighted by atomic mass is 16.5. The van der Waals surface area contributed by atoms with E-state index in [1.807, 2.05) is 0 Å². The van der Waals surface area contributed by atoms with Gasteiger partial charge in [0.15, 0.2) is 0 Å². The molecule has 0 amide bonds. The van der Waals surface area contributed by atoms with E-state index in [1.165, 1.54) is 32.1 Å². The molecule has 1 aliphatic carbocycles. The molecule has 0 aromatic carbocycles. The van der Waals surface area contributed by atoms with Crippen LogP contribution in [0, 0.1) is 16.7 Å². The van der Waals surface area contributed by atoms with Gasteiger partial charge in [-0.3, -0.25) is 0 Å². The summed E-state index contributed by atoms with van der Waals surface area (Å²) in [5.41, 5.74) is -0.0644. The predicted octanol–water partition coefficient (Wildman–Crippen LogP) is 3.68. The van der Waals surface area contributed by atoms with Crippen molar-refractivity contribution in [2.45, 2.75) is 57.8 Å². The molecule has 18 heavy (non-hydrogen) atoms. The normalized spacial score (nSPS) is 19.8. The summed E-state index contributed by atoms with van der Waals surface area (Å²) in [5, 5.41) is 9.49. The molecule has 1 fully saturated rings. The summed E-state index contributed by atoms with van der Waals surface area (Å²) < 4.78 is 10.4. The summed E-state index contributed by atoms with van der Waals surface area (Å²) in [5.74, 6) is 0. The fourth-order valence-corrected chi connectivity index (χ4v) is 2.76. The fourth-order valence-electron chi connectivity index (χ4n) is 2.76. The van der Waals surface area contributed by atoms with Crippen LogP contribution >= 0.6 is 0 Å². The van der Waals surface area contributed by atoms with Crippen LogP contribution in [0.1, 0.15) is 57.8 Å². The van der Waals surface area contributed by atoms with Gasteiger partial charge in [-0.25, -0.2) is 0 Å². The zero-order valence-electron chi connectivity index (χ0n) is 11.7. The average Bonchev–Trinajstić information content (AvgIpc) is 2.36. The van der Waals surface area contributed by atoms with Crippen molar-refractivity contribution in [2.24, 2.45) is 5.41 Å². The van der Waals surface area contributed by atoms with Crippen LogP contribution in [0.5, 0.6) is 0 Å². The van der Waals surface area contributed by atoms with Gasteiger partial charge in [-0.1, -0.05) is 32.1 Å². The van der Waals surface area contributed by atoms with Crippen molar-refractivity contribution >= 4 is 0 Å². The van der Waals surface area contributed by atoms with Crippen LogP contribution in [-0.2, 0) is 9.47 Å². The first-order chi connectivity index (χ1) is 8.83. The molecule has 104 valence electrons. The summed E-state index contributed by atoms with van der Waals surface area (Å²) in [6.45, 7) is 2.08. The Balaban J connectivity index is 2.23. The largest absolute Gasteiger partial charge is 0.382 e.